The first-order valence-corrected chi connectivity index (χ1v) is 10.8. The van der Waals surface area contributed by atoms with Gasteiger partial charge in [-0.1, -0.05) is 63.3 Å². The summed E-state index contributed by atoms with van der Waals surface area (Å²) in [7, 11) is 0. The predicted octanol–water partition coefficient (Wildman–Crippen LogP) is 5.45. The Morgan fingerprint density at radius 3 is 2.67 bits per heavy atom. The molecule has 0 aromatic carbocycles. The molecular formula is C23H38O4. The Kier molecular flexibility index (Phi) is 12.8. The van der Waals surface area contributed by atoms with E-state index in [-0.39, 0.29) is 18.3 Å². The summed E-state index contributed by atoms with van der Waals surface area (Å²) in [4.78, 5) is 22.6. The lowest BCUT2D eigenvalue weighted by molar-refractivity contribution is -0.137. The second-order valence-electron chi connectivity index (χ2n) is 7.78. The summed E-state index contributed by atoms with van der Waals surface area (Å²) in [5.41, 5.74) is 0. The van der Waals surface area contributed by atoms with Crippen molar-refractivity contribution < 1.29 is 19.8 Å². The molecule has 0 radical (unpaired) electrons. The lowest BCUT2D eigenvalue weighted by atomic mass is 9.91. The fourth-order valence-electron chi connectivity index (χ4n) is 3.69. The zero-order valence-corrected chi connectivity index (χ0v) is 16.9. The summed E-state index contributed by atoms with van der Waals surface area (Å²) in [6.07, 6.45) is 19.4. The van der Waals surface area contributed by atoms with Crippen LogP contribution in [0.3, 0.4) is 0 Å². The van der Waals surface area contributed by atoms with Crippen LogP contribution in [0.1, 0.15) is 90.4 Å². The molecule has 0 spiro atoms. The molecule has 0 heterocycles. The summed E-state index contributed by atoms with van der Waals surface area (Å²) < 4.78 is 0. The van der Waals surface area contributed by atoms with Gasteiger partial charge in [-0.25, -0.2) is 0 Å². The number of hydrogen-bond donors (Lipinski definition) is 2. The molecule has 1 aliphatic rings. The number of ketones is 1. The van der Waals surface area contributed by atoms with E-state index in [4.69, 9.17) is 5.11 Å². The second kappa shape index (κ2) is 14.6. The van der Waals surface area contributed by atoms with Gasteiger partial charge in [-0.05, 0) is 44.4 Å². The number of carboxylic acids is 1. The summed E-state index contributed by atoms with van der Waals surface area (Å²) in [5.74, 6) is -0.139. The maximum Gasteiger partial charge on any atom is 0.303 e. The number of Topliss-reactive ketones (excluding diaryl/α,β-unsaturated/α-hetero) is 1. The Balaban J connectivity index is 2.28. The van der Waals surface area contributed by atoms with Crippen molar-refractivity contribution in [2.24, 2.45) is 11.8 Å². The molecular weight excluding hydrogens is 340 g/mol. The van der Waals surface area contributed by atoms with Crippen molar-refractivity contribution in [3.8, 4) is 0 Å². The van der Waals surface area contributed by atoms with Gasteiger partial charge in [0.1, 0.15) is 5.78 Å². The molecule has 0 aliphatic heterocycles. The van der Waals surface area contributed by atoms with Crippen molar-refractivity contribution in [3.05, 3.63) is 24.3 Å². The maximum atomic E-state index is 12.1. The maximum absolute atomic E-state index is 12.1. The molecule has 0 aromatic heterocycles. The molecule has 1 fully saturated rings. The molecule has 2 N–H and O–H groups in total. The highest BCUT2D eigenvalue weighted by atomic mass is 16.4. The van der Waals surface area contributed by atoms with Crippen LogP contribution < -0.4 is 0 Å². The fourth-order valence-corrected chi connectivity index (χ4v) is 3.69. The van der Waals surface area contributed by atoms with Gasteiger partial charge in [-0.15, -0.1) is 0 Å². The number of aliphatic hydroxyl groups excluding tert-OH is 1. The number of carbonyl (C=O) groups is 2. The molecule has 27 heavy (non-hydrogen) atoms. The highest BCUT2D eigenvalue weighted by Crippen LogP contribution is 2.33. The third kappa shape index (κ3) is 11.1. The van der Waals surface area contributed by atoms with Crippen LogP contribution in [0.2, 0.25) is 0 Å². The smallest absolute Gasteiger partial charge is 0.303 e. The SMILES string of the molecule is CCCCCCCC(O)/C=C/C1CCC(=O)C1C/C=C/CCCCC(=O)O. The van der Waals surface area contributed by atoms with E-state index < -0.39 is 12.1 Å². The van der Waals surface area contributed by atoms with Gasteiger partial charge in [-0.2, -0.15) is 0 Å². The van der Waals surface area contributed by atoms with Crippen LogP contribution in [-0.4, -0.2) is 28.1 Å². The van der Waals surface area contributed by atoms with Gasteiger partial charge in [0.25, 0.3) is 0 Å². The van der Waals surface area contributed by atoms with E-state index in [9.17, 15) is 14.7 Å². The summed E-state index contributed by atoms with van der Waals surface area (Å²) in [6.45, 7) is 2.20. The van der Waals surface area contributed by atoms with E-state index in [1.165, 1.54) is 25.7 Å². The van der Waals surface area contributed by atoms with E-state index in [0.29, 0.717) is 18.6 Å². The average molecular weight is 379 g/mol. The van der Waals surface area contributed by atoms with Gasteiger partial charge >= 0.3 is 5.97 Å². The standard InChI is InChI=1S/C23H38O4/c1-2-3-4-6-9-12-20(24)17-15-19-16-18-22(25)21(19)13-10-7-5-8-11-14-23(26)27/h7,10,15,17,19-21,24H,2-6,8-9,11-14,16,18H2,1H3,(H,26,27)/b10-7+,17-15+. The molecule has 0 aromatic rings. The minimum absolute atomic E-state index is 0.0354. The fraction of sp³-hybridized carbons (Fsp3) is 0.739. The Morgan fingerprint density at radius 1 is 1.15 bits per heavy atom. The highest BCUT2D eigenvalue weighted by molar-refractivity contribution is 5.83. The van der Waals surface area contributed by atoms with Gasteiger partial charge in [0, 0.05) is 18.8 Å². The zero-order chi connectivity index (χ0) is 19.9. The van der Waals surface area contributed by atoms with Crippen LogP contribution in [0.25, 0.3) is 0 Å². The van der Waals surface area contributed by atoms with Crippen LogP contribution in [0.15, 0.2) is 24.3 Å². The molecule has 0 bridgehead atoms. The second-order valence-corrected chi connectivity index (χ2v) is 7.78. The van der Waals surface area contributed by atoms with Gasteiger partial charge in [0.2, 0.25) is 0 Å². The lowest BCUT2D eigenvalue weighted by Crippen LogP contribution is -2.13. The first kappa shape index (κ1) is 23.6. The van der Waals surface area contributed by atoms with Crippen molar-refractivity contribution >= 4 is 11.8 Å². The summed E-state index contributed by atoms with van der Waals surface area (Å²) in [6, 6.07) is 0. The van der Waals surface area contributed by atoms with Gasteiger partial charge in [0.05, 0.1) is 6.10 Å². The molecule has 3 atom stereocenters. The topological polar surface area (TPSA) is 74.6 Å². The molecule has 0 saturated heterocycles. The quantitative estimate of drug-likeness (QED) is 0.293. The molecule has 3 unspecified atom stereocenters. The lowest BCUT2D eigenvalue weighted by Gasteiger charge is -2.14. The molecule has 1 saturated carbocycles. The molecule has 154 valence electrons. The van der Waals surface area contributed by atoms with Gasteiger partial charge in [0.15, 0.2) is 0 Å². The monoisotopic (exact) mass is 378 g/mol. The Labute approximate surface area is 164 Å². The van der Waals surface area contributed by atoms with Crippen molar-refractivity contribution in [1.29, 1.82) is 0 Å². The summed E-state index contributed by atoms with van der Waals surface area (Å²) in [5, 5.41) is 18.7. The summed E-state index contributed by atoms with van der Waals surface area (Å²) >= 11 is 0. The van der Waals surface area contributed by atoms with Crippen molar-refractivity contribution in [3.63, 3.8) is 0 Å². The highest BCUT2D eigenvalue weighted by Gasteiger charge is 2.31. The number of rotatable bonds is 15. The van der Waals surface area contributed by atoms with Crippen LogP contribution in [0.5, 0.6) is 0 Å². The molecule has 4 heteroatoms. The van der Waals surface area contributed by atoms with Crippen molar-refractivity contribution in [2.45, 2.75) is 96.5 Å². The number of aliphatic hydroxyl groups is 1. The Hall–Kier alpha value is -1.42. The largest absolute Gasteiger partial charge is 0.481 e. The van der Waals surface area contributed by atoms with Crippen molar-refractivity contribution in [1.82, 2.24) is 0 Å². The van der Waals surface area contributed by atoms with E-state index in [0.717, 1.165) is 38.5 Å². The van der Waals surface area contributed by atoms with Crippen LogP contribution in [-0.2, 0) is 9.59 Å². The zero-order valence-electron chi connectivity index (χ0n) is 16.9. The van der Waals surface area contributed by atoms with Crippen LogP contribution >= 0.6 is 0 Å². The predicted molar refractivity (Wildman–Crippen MR) is 110 cm³/mol. The van der Waals surface area contributed by atoms with E-state index in [1.807, 2.05) is 6.08 Å². The first-order chi connectivity index (χ1) is 13.0. The number of aliphatic carboxylic acids is 1. The Morgan fingerprint density at radius 2 is 1.93 bits per heavy atom. The van der Waals surface area contributed by atoms with Crippen LogP contribution in [0, 0.1) is 11.8 Å². The molecule has 0 amide bonds. The minimum atomic E-state index is -0.742. The molecule has 4 nitrogen and oxygen atoms in total. The first-order valence-electron chi connectivity index (χ1n) is 10.8. The van der Waals surface area contributed by atoms with Gasteiger partial charge in [-0.3, -0.25) is 9.59 Å². The van der Waals surface area contributed by atoms with Crippen molar-refractivity contribution in [2.75, 3.05) is 0 Å². The Bertz CT molecular complexity index is 481. The molecule has 1 aliphatic carbocycles. The van der Waals surface area contributed by atoms with E-state index in [1.54, 1.807) is 0 Å². The number of carbonyl (C=O) groups excluding carboxylic acids is 1. The third-order valence-corrected chi connectivity index (χ3v) is 5.41. The minimum Gasteiger partial charge on any atom is -0.481 e. The van der Waals surface area contributed by atoms with Gasteiger partial charge < -0.3 is 10.2 Å². The molecule has 1 rings (SSSR count). The van der Waals surface area contributed by atoms with Crippen LogP contribution in [0.4, 0.5) is 0 Å². The number of hydrogen-bond acceptors (Lipinski definition) is 3. The number of allylic oxidation sites excluding steroid dienone is 3. The van der Waals surface area contributed by atoms with E-state index in [2.05, 4.69) is 25.2 Å². The number of carboxylic acid groups (broad SMARTS) is 1. The van der Waals surface area contributed by atoms with E-state index >= 15 is 0 Å². The third-order valence-electron chi connectivity index (χ3n) is 5.41. The normalized spacial score (nSPS) is 21.5. The average Bonchev–Trinajstić information content (AvgIpc) is 2.98. The number of unbranched alkanes of at least 4 members (excludes halogenated alkanes) is 6.